The molecule has 0 saturated carbocycles. The van der Waals surface area contributed by atoms with E-state index in [1.807, 2.05) is 24.4 Å². The van der Waals surface area contributed by atoms with E-state index in [-0.39, 0.29) is 0 Å². The van der Waals surface area contributed by atoms with Gasteiger partial charge in [-0.1, -0.05) is 91.0 Å². The summed E-state index contributed by atoms with van der Waals surface area (Å²) in [5, 5.41) is 2.07. The number of aromatic nitrogens is 2. The molecule has 0 N–H and O–H groups in total. The largest absolute Gasteiger partial charge is 0.311 e. The molecule has 0 spiro atoms. The highest BCUT2D eigenvalue weighted by atomic mass is 32.1. The molecular formula is C28H22N2OS. The number of carbonyl (C=O) groups excluding carboxylic acids is 1. The van der Waals surface area contributed by atoms with Gasteiger partial charge in [0.05, 0.1) is 4.88 Å². The number of rotatable bonds is 6. The fourth-order valence-corrected chi connectivity index (χ4v) is 5.34. The third-order valence-corrected chi connectivity index (χ3v) is 6.86. The van der Waals surface area contributed by atoms with Crippen molar-refractivity contribution in [3.8, 4) is 10.7 Å². The predicted molar refractivity (Wildman–Crippen MR) is 130 cm³/mol. The average Bonchev–Trinajstić information content (AvgIpc) is 3.48. The molecule has 0 aliphatic rings. The highest BCUT2D eigenvalue weighted by molar-refractivity contribution is 7.13. The fourth-order valence-electron chi connectivity index (χ4n) is 4.43. The molecule has 0 aliphatic heterocycles. The second kappa shape index (κ2) is 8.40. The van der Waals surface area contributed by atoms with Gasteiger partial charge in [-0.05, 0) is 40.6 Å². The number of hydrogen-bond donors (Lipinski definition) is 0. The molecular weight excluding hydrogens is 412 g/mol. The number of hydrogen-bond acceptors (Lipinski definition) is 3. The topological polar surface area (TPSA) is 34.9 Å². The van der Waals surface area contributed by atoms with Crippen LogP contribution in [-0.2, 0) is 5.54 Å². The number of thiophene rings is 1. The van der Waals surface area contributed by atoms with E-state index in [2.05, 4.69) is 95.7 Å². The summed E-state index contributed by atoms with van der Waals surface area (Å²) in [4.78, 5) is 17.7. The smallest absolute Gasteiger partial charge is 0.170 e. The summed E-state index contributed by atoms with van der Waals surface area (Å²) in [6, 6.07) is 33.4. The SMILES string of the molecule is Cc1ccsc1-c1nc(C=O)cn1C(c1ccccc1)(c1ccccc1)c1ccccc1. The van der Waals surface area contributed by atoms with Crippen LogP contribution >= 0.6 is 11.3 Å². The Morgan fingerprint density at radius 3 is 1.69 bits per heavy atom. The van der Waals surface area contributed by atoms with E-state index in [0.717, 1.165) is 39.2 Å². The van der Waals surface area contributed by atoms with Crippen LogP contribution in [0.2, 0.25) is 0 Å². The zero-order valence-corrected chi connectivity index (χ0v) is 18.5. The zero-order valence-electron chi connectivity index (χ0n) is 17.7. The lowest BCUT2D eigenvalue weighted by molar-refractivity contribution is 0.111. The Kier molecular flexibility index (Phi) is 5.29. The highest BCUT2D eigenvalue weighted by Gasteiger charge is 2.40. The molecule has 156 valence electrons. The van der Waals surface area contributed by atoms with Gasteiger partial charge in [0.25, 0.3) is 0 Å². The number of aldehydes is 1. The van der Waals surface area contributed by atoms with Gasteiger partial charge in [0.1, 0.15) is 11.2 Å². The van der Waals surface area contributed by atoms with E-state index >= 15 is 0 Å². The highest BCUT2D eigenvalue weighted by Crippen LogP contribution is 2.44. The van der Waals surface area contributed by atoms with E-state index in [0.29, 0.717) is 5.69 Å². The summed E-state index contributed by atoms with van der Waals surface area (Å²) in [5.41, 5.74) is 4.15. The molecule has 0 atom stereocenters. The third kappa shape index (κ3) is 3.20. The van der Waals surface area contributed by atoms with Gasteiger partial charge < -0.3 is 4.57 Å². The Morgan fingerprint density at radius 2 is 1.28 bits per heavy atom. The van der Waals surface area contributed by atoms with Gasteiger partial charge in [0, 0.05) is 6.20 Å². The standard InChI is InChI=1S/C28H22N2OS/c1-21-17-18-32-26(21)27-29-25(20-31)19-30(27)28(22-11-5-2-6-12-22,23-13-7-3-8-14-23)24-15-9-4-10-16-24/h2-20H,1H3. The Hall–Kier alpha value is -3.76. The minimum absolute atomic E-state index is 0.417. The van der Waals surface area contributed by atoms with Gasteiger partial charge in [-0.25, -0.2) is 4.98 Å². The summed E-state index contributed by atoms with van der Waals surface area (Å²) in [7, 11) is 0. The minimum atomic E-state index is -0.705. The second-order valence-electron chi connectivity index (χ2n) is 7.72. The van der Waals surface area contributed by atoms with Crippen LogP contribution in [0.4, 0.5) is 0 Å². The second-order valence-corrected chi connectivity index (χ2v) is 8.63. The molecule has 2 heterocycles. The Labute approximate surface area is 191 Å². The first-order chi connectivity index (χ1) is 15.7. The van der Waals surface area contributed by atoms with E-state index < -0.39 is 5.54 Å². The summed E-state index contributed by atoms with van der Waals surface area (Å²) >= 11 is 1.64. The summed E-state index contributed by atoms with van der Waals surface area (Å²) in [6.07, 6.45) is 2.71. The molecule has 3 aromatic carbocycles. The molecule has 0 unspecified atom stereocenters. The van der Waals surface area contributed by atoms with Crippen molar-refractivity contribution in [1.82, 2.24) is 9.55 Å². The first-order valence-electron chi connectivity index (χ1n) is 10.5. The van der Waals surface area contributed by atoms with Crippen molar-refractivity contribution in [2.45, 2.75) is 12.5 Å². The van der Waals surface area contributed by atoms with Crippen LogP contribution in [-0.4, -0.2) is 15.8 Å². The van der Waals surface area contributed by atoms with E-state index in [1.54, 1.807) is 11.3 Å². The number of imidazole rings is 1. The van der Waals surface area contributed by atoms with Crippen molar-refractivity contribution in [3.63, 3.8) is 0 Å². The maximum atomic E-state index is 11.9. The Balaban J connectivity index is 1.96. The van der Waals surface area contributed by atoms with Crippen molar-refractivity contribution >= 4 is 17.6 Å². The molecule has 0 radical (unpaired) electrons. The molecule has 0 amide bonds. The number of benzene rings is 3. The molecule has 0 aliphatic carbocycles. The minimum Gasteiger partial charge on any atom is -0.311 e. The zero-order chi connectivity index (χ0) is 22.0. The van der Waals surface area contributed by atoms with Crippen molar-refractivity contribution < 1.29 is 4.79 Å². The van der Waals surface area contributed by atoms with Gasteiger partial charge in [-0.2, -0.15) is 0 Å². The van der Waals surface area contributed by atoms with Crippen LogP contribution in [0.15, 0.2) is 109 Å². The maximum Gasteiger partial charge on any atom is 0.170 e. The molecule has 5 aromatic rings. The van der Waals surface area contributed by atoms with Crippen LogP contribution in [0.1, 0.15) is 32.7 Å². The van der Waals surface area contributed by atoms with E-state index in [9.17, 15) is 4.79 Å². The molecule has 4 heteroatoms. The third-order valence-electron chi connectivity index (χ3n) is 5.85. The van der Waals surface area contributed by atoms with Gasteiger partial charge in [0.15, 0.2) is 12.1 Å². The van der Waals surface area contributed by atoms with Crippen molar-refractivity contribution in [2.75, 3.05) is 0 Å². The lowest BCUT2D eigenvalue weighted by atomic mass is 9.76. The van der Waals surface area contributed by atoms with Crippen molar-refractivity contribution in [3.05, 3.63) is 137 Å². The van der Waals surface area contributed by atoms with Crippen LogP contribution in [0.3, 0.4) is 0 Å². The van der Waals surface area contributed by atoms with Crippen LogP contribution in [0.25, 0.3) is 10.7 Å². The van der Waals surface area contributed by atoms with E-state index in [1.165, 1.54) is 0 Å². The number of nitrogens with zero attached hydrogens (tertiary/aromatic N) is 2. The van der Waals surface area contributed by atoms with Gasteiger partial charge in [0.2, 0.25) is 0 Å². The number of aryl methyl sites for hydroxylation is 1. The van der Waals surface area contributed by atoms with Crippen molar-refractivity contribution in [1.29, 1.82) is 0 Å². The summed E-state index contributed by atoms with van der Waals surface area (Å²) < 4.78 is 2.18. The predicted octanol–water partition coefficient (Wildman–Crippen LogP) is 6.57. The van der Waals surface area contributed by atoms with Crippen LogP contribution in [0.5, 0.6) is 0 Å². The quantitative estimate of drug-likeness (QED) is 0.224. The molecule has 3 nitrogen and oxygen atoms in total. The Bertz CT molecular complexity index is 1240. The lowest BCUT2D eigenvalue weighted by Gasteiger charge is -2.38. The van der Waals surface area contributed by atoms with Gasteiger partial charge in [-0.15, -0.1) is 11.3 Å². The first kappa shape index (κ1) is 20.2. The molecule has 2 aromatic heterocycles. The Morgan fingerprint density at radius 1 is 0.781 bits per heavy atom. The summed E-state index contributed by atoms with van der Waals surface area (Å²) in [6.45, 7) is 2.08. The van der Waals surface area contributed by atoms with Gasteiger partial charge >= 0.3 is 0 Å². The fraction of sp³-hybridized carbons (Fsp3) is 0.0714. The van der Waals surface area contributed by atoms with Gasteiger partial charge in [-0.3, -0.25) is 4.79 Å². The lowest BCUT2D eigenvalue weighted by Crippen LogP contribution is -2.37. The molecule has 32 heavy (non-hydrogen) atoms. The maximum absolute atomic E-state index is 11.9. The van der Waals surface area contributed by atoms with Crippen molar-refractivity contribution in [2.24, 2.45) is 0 Å². The monoisotopic (exact) mass is 434 g/mol. The van der Waals surface area contributed by atoms with E-state index in [4.69, 9.17) is 4.98 Å². The molecule has 0 saturated heterocycles. The number of carbonyl (C=O) groups is 1. The normalized spacial score (nSPS) is 11.4. The average molecular weight is 435 g/mol. The van der Waals surface area contributed by atoms with Crippen LogP contribution < -0.4 is 0 Å². The van der Waals surface area contributed by atoms with Crippen LogP contribution in [0, 0.1) is 6.92 Å². The molecule has 0 fully saturated rings. The molecule has 5 rings (SSSR count). The first-order valence-corrected chi connectivity index (χ1v) is 11.4. The summed E-state index contributed by atoms with van der Waals surface area (Å²) in [5.74, 6) is 0.788. The molecule has 0 bridgehead atoms.